The molecule has 1 fully saturated rings. The predicted molar refractivity (Wildman–Crippen MR) is 69.2 cm³/mol. The van der Waals surface area contributed by atoms with Crippen molar-refractivity contribution in [3.63, 3.8) is 0 Å². The lowest BCUT2D eigenvalue weighted by Gasteiger charge is -2.31. The number of rotatable bonds is 0. The number of hydrogen-bond acceptors (Lipinski definition) is 3. The molecule has 0 aromatic rings. The first-order valence-corrected chi connectivity index (χ1v) is 6.22. The van der Waals surface area contributed by atoms with E-state index >= 15 is 0 Å². The minimum absolute atomic E-state index is 0.0496. The van der Waals surface area contributed by atoms with E-state index in [4.69, 9.17) is 4.74 Å². The van der Waals surface area contributed by atoms with Crippen molar-refractivity contribution in [2.45, 2.75) is 40.2 Å². The highest BCUT2D eigenvalue weighted by molar-refractivity contribution is 5.82. The Morgan fingerprint density at radius 1 is 1.28 bits per heavy atom. The van der Waals surface area contributed by atoms with E-state index in [0.29, 0.717) is 13.1 Å². The van der Waals surface area contributed by atoms with Crippen LogP contribution < -0.4 is 0 Å². The molecule has 104 valence electrons. The van der Waals surface area contributed by atoms with Crippen molar-refractivity contribution in [3.05, 3.63) is 0 Å². The molecule has 1 aliphatic heterocycles. The van der Waals surface area contributed by atoms with Gasteiger partial charge in [-0.3, -0.25) is 9.69 Å². The highest BCUT2D eigenvalue weighted by Crippen LogP contribution is 2.23. The second-order valence-corrected chi connectivity index (χ2v) is 6.75. The van der Waals surface area contributed by atoms with Gasteiger partial charge in [0.2, 0.25) is 5.91 Å². The van der Waals surface area contributed by atoms with Gasteiger partial charge < -0.3 is 9.64 Å². The van der Waals surface area contributed by atoms with E-state index in [1.165, 1.54) is 4.90 Å². The summed E-state index contributed by atoms with van der Waals surface area (Å²) in [5, 5.41) is 0. The summed E-state index contributed by atoms with van der Waals surface area (Å²) in [4.78, 5) is 27.1. The molecule has 5 nitrogen and oxygen atoms in total. The zero-order valence-electron chi connectivity index (χ0n) is 12.2. The van der Waals surface area contributed by atoms with Crippen molar-refractivity contribution in [1.82, 2.24) is 9.80 Å². The molecule has 2 amide bonds. The minimum Gasteiger partial charge on any atom is -0.444 e. The molecule has 1 heterocycles. The van der Waals surface area contributed by atoms with Gasteiger partial charge in [0.25, 0.3) is 0 Å². The van der Waals surface area contributed by atoms with Crippen molar-refractivity contribution >= 4 is 12.0 Å². The second kappa shape index (κ2) is 4.78. The first-order chi connectivity index (χ1) is 8.00. The normalized spacial score (nSPS) is 20.7. The predicted octanol–water partition coefficient (Wildman–Crippen LogP) is 1.72. The van der Waals surface area contributed by atoms with Crippen LogP contribution in [0.15, 0.2) is 0 Å². The topological polar surface area (TPSA) is 49.9 Å². The Kier molecular flexibility index (Phi) is 3.93. The maximum Gasteiger partial charge on any atom is 0.410 e. The molecular weight excluding hydrogens is 232 g/mol. The van der Waals surface area contributed by atoms with Gasteiger partial charge in [-0.2, -0.15) is 0 Å². The van der Waals surface area contributed by atoms with Gasteiger partial charge in [-0.05, 0) is 20.8 Å². The fourth-order valence-electron chi connectivity index (χ4n) is 2.09. The van der Waals surface area contributed by atoms with Gasteiger partial charge in [0, 0.05) is 25.6 Å². The summed E-state index contributed by atoms with van der Waals surface area (Å²) in [6.45, 7) is 10.8. The van der Waals surface area contributed by atoms with Gasteiger partial charge in [0.05, 0.1) is 0 Å². The molecule has 0 aromatic heterocycles. The number of hydrogen-bond donors (Lipinski definition) is 0. The van der Waals surface area contributed by atoms with Crippen LogP contribution >= 0.6 is 0 Å². The zero-order chi connectivity index (χ0) is 14.1. The maximum atomic E-state index is 12.0. The van der Waals surface area contributed by atoms with E-state index in [9.17, 15) is 9.59 Å². The molecule has 0 unspecified atom stereocenters. The Morgan fingerprint density at radius 3 is 2.33 bits per heavy atom. The lowest BCUT2D eigenvalue weighted by atomic mass is 9.93. The minimum atomic E-state index is -0.539. The van der Waals surface area contributed by atoms with E-state index < -0.39 is 11.7 Å². The second-order valence-electron chi connectivity index (χ2n) is 6.75. The van der Waals surface area contributed by atoms with Crippen LogP contribution in [0.4, 0.5) is 4.79 Å². The van der Waals surface area contributed by atoms with Crippen LogP contribution in [0.2, 0.25) is 0 Å². The lowest BCUT2D eigenvalue weighted by molar-refractivity contribution is -0.130. The Morgan fingerprint density at radius 2 is 1.83 bits per heavy atom. The van der Waals surface area contributed by atoms with Crippen LogP contribution in [0.5, 0.6) is 0 Å². The Labute approximate surface area is 109 Å². The average Bonchev–Trinajstić information content (AvgIpc) is 2.21. The van der Waals surface area contributed by atoms with Crippen molar-refractivity contribution < 1.29 is 14.3 Å². The quantitative estimate of drug-likeness (QED) is 0.663. The van der Waals surface area contributed by atoms with E-state index in [1.54, 1.807) is 11.9 Å². The summed E-state index contributed by atoms with van der Waals surface area (Å²) in [6, 6.07) is 0. The van der Waals surface area contributed by atoms with Gasteiger partial charge in [0.1, 0.15) is 12.1 Å². The monoisotopic (exact) mass is 256 g/mol. The van der Waals surface area contributed by atoms with Gasteiger partial charge in [-0.15, -0.1) is 0 Å². The molecule has 1 saturated heterocycles. The van der Waals surface area contributed by atoms with Crippen LogP contribution in [-0.2, 0) is 9.53 Å². The number of carbonyl (C=O) groups is 2. The SMILES string of the molecule is CN1CC(C)(C)CN(C(=O)OC(C)(C)C)CC1=O. The highest BCUT2D eigenvalue weighted by atomic mass is 16.6. The van der Waals surface area contributed by atoms with Crippen molar-refractivity contribution in [2.75, 3.05) is 26.7 Å². The summed E-state index contributed by atoms with van der Waals surface area (Å²) in [6.07, 6.45) is -0.417. The van der Waals surface area contributed by atoms with E-state index in [0.717, 1.165) is 0 Å². The molecule has 0 aromatic carbocycles. The maximum absolute atomic E-state index is 12.0. The first-order valence-electron chi connectivity index (χ1n) is 6.22. The number of nitrogens with zero attached hydrogens (tertiary/aromatic N) is 2. The molecule has 0 spiro atoms. The summed E-state index contributed by atoms with van der Waals surface area (Å²) >= 11 is 0. The molecule has 18 heavy (non-hydrogen) atoms. The van der Waals surface area contributed by atoms with Crippen molar-refractivity contribution in [1.29, 1.82) is 0 Å². The van der Waals surface area contributed by atoms with Crippen molar-refractivity contribution in [2.24, 2.45) is 5.41 Å². The van der Waals surface area contributed by atoms with Crippen LogP contribution in [-0.4, -0.2) is 54.1 Å². The number of carbonyl (C=O) groups excluding carboxylic acids is 2. The summed E-state index contributed by atoms with van der Waals surface area (Å²) in [5.74, 6) is -0.0496. The third-order valence-electron chi connectivity index (χ3n) is 2.69. The molecule has 0 saturated carbocycles. The molecule has 0 radical (unpaired) electrons. The fourth-order valence-corrected chi connectivity index (χ4v) is 2.09. The third kappa shape index (κ3) is 4.20. The molecular formula is C13H24N2O3. The molecule has 1 aliphatic rings. The average molecular weight is 256 g/mol. The molecule has 0 bridgehead atoms. The Balaban J connectivity index is 2.81. The smallest absolute Gasteiger partial charge is 0.410 e. The number of likely N-dealkylation sites (N-methyl/N-ethyl adjacent to an activating group) is 1. The van der Waals surface area contributed by atoms with E-state index in [1.807, 2.05) is 34.6 Å². The van der Waals surface area contributed by atoms with Crippen LogP contribution in [0, 0.1) is 5.41 Å². The lowest BCUT2D eigenvalue weighted by Crippen LogP contribution is -2.42. The first kappa shape index (κ1) is 14.8. The largest absolute Gasteiger partial charge is 0.444 e. The molecule has 0 aliphatic carbocycles. The molecule has 5 heteroatoms. The standard InChI is InChI=1S/C13H24N2O3/c1-12(2,3)18-11(17)15-7-10(16)14(6)8-13(4,5)9-15/h7-9H2,1-6H3. The van der Waals surface area contributed by atoms with E-state index in [2.05, 4.69) is 0 Å². The Bertz CT molecular complexity index is 345. The van der Waals surface area contributed by atoms with Gasteiger partial charge in [0.15, 0.2) is 0 Å². The van der Waals surface area contributed by atoms with Crippen LogP contribution in [0.25, 0.3) is 0 Å². The van der Waals surface area contributed by atoms with Crippen LogP contribution in [0.1, 0.15) is 34.6 Å². The summed E-state index contributed by atoms with van der Waals surface area (Å²) in [7, 11) is 1.77. The van der Waals surface area contributed by atoms with Gasteiger partial charge in [-0.1, -0.05) is 13.8 Å². The van der Waals surface area contributed by atoms with Crippen molar-refractivity contribution in [3.8, 4) is 0 Å². The van der Waals surface area contributed by atoms with Gasteiger partial charge >= 0.3 is 6.09 Å². The molecule has 0 atom stereocenters. The number of ether oxygens (including phenoxy) is 1. The van der Waals surface area contributed by atoms with E-state index in [-0.39, 0.29) is 17.9 Å². The van der Waals surface area contributed by atoms with Crippen LogP contribution in [0.3, 0.4) is 0 Å². The molecule has 1 rings (SSSR count). The third-order valence-corrected chi connectivity index (χ3v) is 2.69. The highest BCUT2D eigenvalue weighted by Gasteiger charge is 2.35. The fraction of sp³-hybridized carbons (Fsp3) is 0.846. The summed E-state index contributed by atoms with van der Waals surface area (Å²) < 4.78 is 5.33. The molecule has 0 N–H and O–H groups in total. The van der Waals surface area contributed by atoms with Gasteiger partial charge in [-0.25, -0.2) is 4.79 Å². The number of amides is 2. The zero-order valence-corrected chi connectivity index (χ0v) is 12.2. The Hall–Kier alpha value is -1.26. The summed E-state index contributed by atoms with van der Waals surface area (Å²) in [5.41, 5.74) is -0.666.